The largest absolute Gasteiger partial charge is 0.416 e. The van der Waals surface area contributed by atoms with Crippen molar-refractivity contribution in [2.75, 3.05) is 16.2 Å². The Hall–Kier alpha value is -2.20. The van der Waals surface area contributed by atoms with Gasteiger partial charge in [0.1, 0.15) is 0 Å². The van der Waals surface area contributed by atoms with Crippen LogP contribution in [0.5, 0.6) is 0 Å². The molecule has 2 aromatic rings. The highest BCUT2D eigenvalue weighted by molar-refractivity contribution is 8.00. The van der Waals surface area contributed by atoms with E-state index in [1.165, 1.54) is 36.0 Å². The molecule has 0 radical (unpaired) electrons. The number of alkyl halides is 3. The quantitative estimate of drug-likeness (QED) is 0.713. The van der Waals surface area contributed by atoms with E-state index >= 15 is 0 Å². The number of aryl methyl sites for hydroxylation is 1. The number of hydrogen-bond donors (Lipinski definition) is 1. The molecular formula is C20H19F3N2O3S2. The predicted octanol–water partition coefficient (Wildman–Crippen LogP) is 4.67. The highest BCUT2D eigenvalue weighted by Crippen LogP contribution is 2.43. The van der Waals surface area contributed by atoms with E-state index in [0.717, 1.165) is 16.4 Å². The van der Waals surface area contributed by atoms with Crippen LogP contribution in [0.25, 0.3) is 0 Å². The second-order valence-corrected chi connectivity index (χ2v) is 10.7. The lowest BCUT2D eigenvalue weighted by Crippen LogP contribution is -2.33. The van der Waals surface area contributed by atoms with Crippen molar-refractivity contribution in [3.63, 3.8) is 0 Å². The van der Waals surface area contributed by atoms with E-state index in [1.54, 1.807) is 0 Å². The third kappa shape index (κ3) is 3.90. The van der Waals surface area contributed by atoms with E-state index < -0.39 is 21.8 Å². The summed E-state index contributed by atoms with van der Waals surface area (Å²) in [5.41, 5.74) is 0.414. The van der Waals surface area contributed by atoms with E-state index in [9.17, 15) is 26.4 Å². The van der Waals surface area contributed by atoms with Crippen molar-refractivity contribution in [2.24, 2.45) is 0 Å². The van der Waals surface area contributed by atoms with E-state index in [0.29, 0.717) is 29.0 Å². The third-order valence-electron chi connectivity index (χ3n) is 5.18. The van der Waals surface area contributed by atoms with Gasteiger partial charge >= 0.3 is 6.18 Å². The van der Waals surface area contributed by atoms with E-state index in [4.69, 9.17) is 0 Å². The normalized spacial score (nSPS) is 19.5. The summed E-state index contributed by atoms with van der Waals surface area (Å²) in [7, 11) is -4.09. The fraction of sp³-hybridized carbons (Fsp3) is 0.350. The smallest absolute Gasteiger partial charge is 0.326 e. The molecule has 1 N–H and O–H groups in total. The zero-order chi connectivity index (χ0) is 21.7. The van der Waals surface area contributed by atoms with Crippen LogP contribution in [0, 0.1) is 0 Å². The Labute approximate surface area is 176 Å². The molecule has 30 heavy (non-hydrogen) atoms. The Bertz CT molecular complexity index is 1120. The van der Waals surface area contributed by atoms with Crippen molar-refractivity contribution >= 4 is 39.1 Å². The number of carbonyl (C=O) groups excluding carboxylic acids is 1. The van der Waals surface area contributed by atoms with Crippen molar-refractivity contribution in [1.29, 1.82) is 0 Å². The summed E-state index contributed by atoms with van der Waals surface area (Å²) in [6, 6.07) is 7.65. The first kappa shape index (κ1) is 21.0. The number of benzene rings is 2. The van der Waals surface area contributed by atoms with Crippen molar-refractivity contribution in [3.05, 3.63) is 47.5 Å². The molecule has 2 aromatic carbocycles. The van der Waals surface area contributed by atoms with Gasteiger partial charge in [-0.2, -0.15) is 13.2 Å². The molecule has 0 saturated heterocycles. The van der Waals surface area contributed by atoms with Crippen LogP contribution in [0.3, 0.4) is 0 Å². The molecule has 0 aromatic heterocycles. The number of anilines is 2. The lowest BCUT2D eigenvalue weighted by molar-refractivity contribution is -0.137. The van der Waals surface area contributed by atoms with Gasteiger partial charge in [-0.15, -0.1) is 11.8 Å². The molecule has 2 aliphatic heterocycles. The van der Waals surface area contributed by atoms with Gasteiger partial charge in [0.25, 0.3) is 10.0 Å². The van der Waals surface area contributed by atoms with Crippen LogP contribution in [-0.4, -0.2) is 26.1 Å². The summed E-state index contributed by atoms with van der Waals surface area (Å²) < 4.78 is 67.9. The van der Waals surface area contributed by atoms with Crippen LogP contribution in [-0.2, 0) is 27.4 Å². The summed E-state index contributed by atoms with van der Waals surface area (Å²) in [5.74, 6) is -0.134. The fourth-order valence-corrected chi connectivity index (χ4v) is 6.27. The Balaban J connectivity index is 1.80. The molecule has 2 aliphatic rings. The number of rotatable bonds is 2. The van der Waals surface area contributed by atoms with E-state index in [2.05, 4.69) is 5.32 Å². The van der Waals surface area contributed by atoms with Crippen LogP contribution in [0.1, 0.15) is 30.9 Å². The van der Waals surface area contributed by atoms with Crippen LogP contribution in [0.15, 0.2) is 46.2 Å². The van der Waals surface area contributed by atoms with Crippen LogP contribution in [0.4, 0.5) is 24.5 Å². The van der Waals surface area contributed by atoms with Gasteiger partial charge in [-0.1, -0.05) is 6.92 Å². The zero-order valence-corrected chi connectivity index (χ0v) is 17.6. The predicted molar refractivity (Wildman–Crippen MR) is 109 cm³/mol. The van der Waals surface area contributed by atoms with E-state index in [-0.39, 0.29) is 34.7 Å². The Morgan fingerprint density at radius 1 is 1.13 bits per heavy atom. The molecule has 0 aliphatic carbocycles. The molecule has 5 nitrogen and oxygen atoms in total. The minimum Gasteiger partial charge on any atom is -0.326 e. The van der Waals surface area contributed by atoms with Crippen molar-refractivity contribution in [2.45, 2.75) is 47.4 Å². The molecular weight excluding hydrogens is 437 g/mol. The number of thioether (sulfide) groups is 1. The number of halogens is 3. The van der Waals surface area contributed by atoms with Crippen molar-refractivity contribution in [3.8, 4) is 0 Å². The average Bonchev–Trinajstić information content (AvgIpc) is 2.84. The first-order valence-corrected chi connectivity index (χ1v) is 11.7. The minimum atomic E-state index is -4.57. The summed E-state index contributed by atoms with van der Waals surface area (Å²) in [4.78, 5) is 12.0. The molecule has 0 saturated carbocycles. The molecule has 160 valence electrons. The van der Waals surface area contributed by atoms with Gasteiger partial charge in [0.05, 0.1) is 16.1 Å². The van der Waals surface area contributed by atoms with Gasteiger partial charge in [-0.3, -0.25) is 9.10 Å². The lowest BCUT2D eigenvalue weighted by atomic mass is 10.0. The summed E-state index contributed by atoms with van der Waals surface area (Å²) in [6.45, 7) is 2.00. The van der Waals surface area contributed by atoms with Gasteiger partial charge in [0.15, 0.2) is 0 Å². The zero-order valence-electron chi connectivity index (χ0n) is 16.0. The van der Waals surface area contributed by atoms with Gasteiger partial charge in [-0.05, 0) is 54.8 Å². The van der Waals surface area contributed by atoms with Crippen molar-refractivity contribution < 1.29 is 26.4 Å². The van der Waals surface area contributed by atoms with E-state index in [1.807, 2.05) is 6.92 Å². The maximum atomic E-state index is 13.5. The van der Waals surface area contributed by atoms with Gasteiger partial charge in [0, 0.05) is 28.8 Å². The highest BCUT2D eigenvalue weighted by atomic mass is 32.2. The standard InChI is InChI=1S/C20H19F3N2O3S2/c1-12-8-9-25(17-11-14(20(21,22)23)3-6-18(17)29-12)30(27,28)15-4-5-16-13(10-15)2-7-19(26)24-16/h3-6,10-12H,2,7-9H2,1H3,(H,24,26)/t12-/m1/s1. The van der Waals surface area contributed by atoms with Crippen LogP contribution < -0.4 is 9.62 Å². The number of fused-ring (bicyclic) bond motifs is 2. The molecule has 0 unspecified atom stereocenters. The maximum absolute atomic E-state index is 13.5. The number of sulfonamides is 1. The molecule has 0 bridgehead atoms. The average molecular weight is 457 g/mol. The Morgan fingerprint density at radius 3 is 2.63 bits per heavy atom. The van der Waals surface area contributed by atoms with Gasteiger partial charge < -0.3 is 5.32 Å². The first-order chi connectivity index (χ1) is 14.1. The van der Waals surface area contributed by atoms with Crippen molar-refractivity contribution in [1.82, 2.24) is 0 Å². The molecule has 1 amide bonds. The lowest BCUT2D eigenvalue weighted by Gasteiger charge is -2.26. The molecule has 10 heteroatoms. The second-order valence-electron chi connectivity index (χ2n) is 7.34. The van der Waals surface area contributed by atoms with Gasteiger partial charge in [-0.25, -0.2) is 8.42 Å². The van der Waals surface area contributed by atoms with Crippen LogP contribution >= 0.6 is 11.8 Å². The number of hydrogen-bond acceptors (Lipinski definition) is 4. The molecule has 4 rings (SSSR count). The summed E-state index contributed by atoms with van der Waals surface area (Å²) >= 11 is 1.37. The second kappa shape index (κ2) is 7.49. The monoisotopic (exact) mass is 456 g/mol. The molecule has 1 atom stereocenters. The Morgan fingerprint density at radius 2 is 1.90 bits per heavy atom. The molecule has 0 spiro atoms. The molecule has 2 heterocycles. The number of carbonyl (C=O) groups is 1. The SMILES string of the molecule is C[C@@H]1CCN(S(=O)(=O)c2ccc3c(c2)CCC(=O)N3)c2cc(C(F)(F)F)ccc2S1. The first-order valence-electron chi connectivity index (χ1n) is 9.39. The van der Waals surface area contributed by atoms with Crippen LogP contribution in [0.2, 0.25) is 0 Å². The number of nitrogens with one attached hydrogen (secondary N) is 1. The third-order valence-corrected chi connectivity index (χ3v) is 8.23. The minimum absolute atomic E-state index is 0.000291. The maximum Gasteiger partial charge on any atom is 0.416 e. The highest BCUT2D eigenvalue weighted by Gasteiger charge is 2.35. The fourth-order valence-electron chi connectivity index (χ4n) is 3.58. The molecule has 0 fully saturated rings. The topological polar surface area (TPSA) is 66.5 Å². The number of amides is 1. The number of nitrogens with zero attached hydrogens (tertiary/aromatic N) is 1. The summed E-state index contributed by atoms with van der Waals surface area (Å²) in [6.07, 6.45) is -3.41. The summed E-state index contributed by atoms with van der Waals surface area (Å²) in [5, 5.41) is 2.75. The Kier molecular flexibility index (Phi) is 5.26. The van der Waals surface area contributed by atoms with Gasteiger partial charge in [0.2, 0.25) is 5.91 Å².